The van der Waals surface area contributed by atoms with E-state index in [1.807, 2.05) is 220 Å². The number of halogens is 5. The number of aliphatic hydroxyl groups is 5. The van der Waals surface area contributed by atoms with Gasteiger partial charge in [-0.05, 0) is 144 Å². The van der Waals surface area contributed by atoms with Crippen molar-refractivity contribution >= 4 is 57.2 Å². The van der Waals surface area contributed by atoms with Crippen molar-refractivity contribution in [3.05, 3.63) is 0 Å². The molecule has 884 valence electrons. The van der Waals surface area contributed by atoms with Crippen LogP contribution in [-0.4, -0.2) is 232 Å². The molecule has 1 saturated carbocycles. The first kappa shape index (κ1) is 166. The second kappa shape index (κ2) is 72.0. The fraction of sp³-hybridized carbons (Fsp3) is 0.932. The molecule has 146 heavy (non-hydrogen) atoms. The molecule has 0 bridgehead atoms. The summed E-state index contributed by atoms with van der Waals surface area (Å²) in [7, 11) is 3.88. The number of nitrogens with zero attached hydrogens (tertiary/aromatic N) is 3. The number of ether oxygens (including phenoxy) is 1. The number of primary amides is 1. The second-order valence-corrected chi connectivity index (χ2v) is 61.3. The van der Waals surface area contributed by atoms with Crippen LogP contribution in [0.4, 0.5) is 22.0 Å². The van der Waals surface area contributed by atoms with E-state index in [9.17, 15) is 68.7 Å². The molecule has 2 aliphatic heterocycles. The molecule has 0 aromatic rings. The highest BCUT2D eigenvalue weighted by Gasteiger charge is 2.47. The van der Waals surface area contributed by atoms with E-state index < -0.39 is 44.9 Å². The van der Waals surface area contributed by atoms with E-state index >= 15 is 0 Å². The minimum atomic E-state index is -2.78. The van der Waals surface area contributed by atoms with Crippen LogP contribution in [0, 0.1) is 115 Å². The van der Waals surface area contributed by atoms with E-state index in [-0.39, 0.29) is 188 Å². The van der Waals surface area contributed by atoms with Crippen LogP contribution in [0.1, 0.15) is 464 Å². The van der Waals surface area contributed by atoms with E-state index in [0.29, 0.717) is 74.4 Å². The number of aliphatic carboxylic acids is 1. The van der Waals surface area contributed by atoms with Crippen LogP contribution in [0.5, 0.6) is 0 Å². The highest BCUT2D eigenvalue weighted by atomic mass is 32.2. The zero-order valence-corrected chi connectivity index (χ0v) is 107. The van der Waals surface area contributed by atoms with E-state index in [4.69, 9.17) is 41.1 Å². The number of methoxy groups -OCH3 is 1. The average Bonchev–Trinajstić information content (AvgIpc) is 1.04. The summed E-state index contributed by atoms with van der Waals surface area (Å²) in [6.45, 7) is 113. The Labute approximate surface area is 896 Å². The number of rotatable bonds is 18. The second-order valence-electron chi connectivity index (χ2n) is 59.2. The molecule has 29 heteroatoms. The minimum Gasteiger partial charge on any atom is -0.481 e. The molecule has 23 nitrogen and oxygen atoms in total. The maximum absolute atomic E-state index is 12.8. The topological polar surface area (TPSA) is 361 Å². The van der Waals surface area contributed by atoms with Crippen LogP contribution >= 0.6 is 0 Å². The normalized spacial score (nSPS) is 15.7. The van der Waals surface area contributed by atoms with Crippen molar-refractivity contribution in [1.29, 1.82) is 0 Å². The predicted octanol–water partition coefficient (Wildman–Crippen LogP) is 27.0. The Morgan fingerprint density at radius 2 is 0.788 bits per heavy atom. The average molecular weight is 2130 g/mol. The van der Waals surface area contributed by atoms with Gasteiger partial charge in [0.25, 0.3) is 5.92 Å². The van der Waals surface area contributed by atoms with Crippen molar-refractivity contribution in [2.75, 3.05) is 106 Å². The zero-order valence-electron chi connectivity index (χ0n) is 106. The van der Waals surface area contributed by atoms with Gasteiger partial charge >= 0.3 is 11.9 Å². The van der Waals surface area contributed by atoms with Gasteiger partial charge in [-0.15, -0.1) is 0 Å². The lowest BCUT2D eigenvalue weighted by molar-refractivity contribution is -0.157. The molecule has 3 aliphatic rings. The number of amides is 6. The van der Waals surface area contributed by atoms with Crippen molar-refractivity contribution in [3.8, 4) is 0 Å². The molecule has 0 aromatic carbocycles. The summed E-state index contributed by atoms with van der Waals surface area (Å²) in [5.74, 6) is -1.77. The summed E-state index contributed by atoms with van der Waals surface area (Å²) in [5.41, 5.74) is 5.82. The predicted molar refractivity (Wildman–Crippen MR) is 608 cm³/mol. The maximum Gasteiger partial charge on any atom is 0.311 e. The number of hydrogen-bond acceptors (Lipinski definition) is 16. The fourth-order valence-corrected chi connectivity index (χ4v) is 12.1. The Kier molecular flexibility index (Phi) is 82.0. The lowest BCUT2D eigenvalue weighted by Gasteiger charge is -2.36. The fourth-order valence-electron chi connectivity index (χ4n) is 10.5. The quantitative estimate of drug-likeness (QED) is 0.0455. The van der Waals surface area contributed by atoms with Gasteiger partial charge in [-0.1, -0.05) is 366 Å². The van der Waals surface area contributed by atoms with Crippen LogP contribution in [0.2, 0.25) is 0 Å². The van der Waals surface area contributed by atoms with Gasteiger partial charge in [0.15, 0.2) is 12.3 Å². The summed E-state index contributed by atoms with van der Waals surface area (Å²) in [6.07, 6.45) is 7.13. The van der Waals surface area contributed by atoms with Crippen LogP contribution in [-0.2, 0) is 52.9 Å². The highest BCUT2D eigenvalue weighted by molar-refractivity contribution is 7.90. The molecule has 3 rings (SSSR count). The van der Waals surface area contributed by atoms with Crippen LogP contribution in [0.3, 0.4) is 0 Å². The number of nitrogens with two attached hydrogens (primary N) is 1. The molecule has 1 aliphatic carbocycles. The number of esters is 1. The van der Waals surface area contributed by atoms with Crippen LogP contribution < -0.4 is 16.4 Å². The van der Waals surface area contributed by atoms with E-state index in [1.54, 1.807) is 26.0 Å². The molecule has 2 saturated heterocycles. The van der Waals surface area contributed by atoms with Gasteiger partial charge in [-0.25, -0.2) is 26.0 Å². The van der Waals surface area contributed by atoms with Crippen molar-refractivity contribution in [2.45, 2.75) is 488 Å². The Bertz CT molecular complexity index is 3530. The van der Waals surface area contributed by atoms with Crippen molar-refractivity contribution in [2.24, 2.45) is 121 Å². The first-order valence-corrected chi connectivity index (χ1v) is 55.1. The smallest absolute Gasteiger partial charge is 0.311 e. The molecule has 0 spiro atoms. The number of nitrogens with one attached hydrogen (secondary N) is 2. The summed E-state index contributed by atoms with van der Waals surface area (Å²) < 4.78 is 87.9. The SMILES string of the molecule is CC(C)(C)C(C)(C)C(N)=O.CC(C)(C)C(C)(C)CO.CC(C)(C)C(CO)CO.CC(C)(C)CC(=O)N1CCCC1.CC(C)(C)CC(=O)N1C[C@@H](F)[C@@H](F)C1.CC(C)(C)CC(=O)NC1CC(F)(F)C1.CC(C)(C)CC(=O)O.CC(C)(C)CCCO.CC(C)(C)CCF.CC(C)(C)CS(C)(=O)=O.CC(CO)C(C)(C)C.CC[C@@H](C)C(C)(C)C.CN(C)C(=O)CC(C)(C)C.CNC(=O)CC(C)(C)C.COC(=O)C(C)(C)C(C)(C)C. The first-order valence-electron chi connectivity index (χ1n) is 53.0. The van der Waals surface area contributed by atoms with Crippen molar-refractivity contribution < 1.29 is 104 Å². The molecule has 6 amide bonds. The lowest BCUT2D eigenvalue weighted by atomic mass is 9.69. The third kappa shape index (κ3) is 108. The number of sulfone groups is 1. The number of carboxylic acid groups (broad SMARTS) is 1. The van der Waals surface area contributed by atoms with E-state index in [1.165, 1.54) is 37.5 Å². The van der Waals surface area contributed by atoms with E-state index in [2.05, 4.69) is 170 Å². The number of carboxylic acids is 1. The number of hydrogen-bond donors (Lipinski definition) is 9. The van der Waals surface area contributed by atoms with Crippen molar-refractivity contribution in [3.63, 3.8) is 0 Å². The number of aliphatic hydroxyl groups excluding tert-OH is 5. The highest BCUT2D eigenvalue weighted by Crippen LogP contribution is 2.42. The van der Waals surface area contributed by atoms with Gasteiger partial charge < -0.3 is 66.4 Å². The largest absolute Gasteiger partial charge is 0.481 e. The molecule has 10 N–H and O–H groups in total. The summed E-state index contributed by atoms with van der Waals surface area (Å²) in [5, 5.41) is 56.9. The first-order chi connectivity index (χ1) is 63.7. The van der Waals surface area contributed by atoms with Gasteiger partial charge in [0, 0.05) is 136 Å². The van der Waals surface area contributed by atoms with Gasteiger partial charge in [-0.3, -0.25) is 42.7 Å². The van der Waals surface area contributed by atoms with Gasteiger partial charge in [0.1, 0.15) is 9.84 Å². The molecule has 2 heterocycles. The number of likely N-dealkylation sites (tertiary alicyclic amines) is 2. The molecular weight excluding hydrogens is 1890 g/mol. The monoisotopic (exact) mass is 2130 g/mol. The van der Waals surface area contributed by atoms with Crippen LogP contribution in [0.25, 0.3) is 0 Å². The molecule has 4 atom stereocenters. The molecular formula is C117H243F5N6O17S. The molecule has 3 fully saturated rings. The molecule has 0 radical (unpaired) electrons. The van der Waals surface area contributed by atoms with Gasteiger partial charge in [0.2, 0.25) is 35.4 Å². The standard InChI is InChI=1S/2C10H17F2NO.C10H19NO.C9H18O2.2C8H17NO.C8H18O.C8H18.C7H15NO.C7H16O2.2C7H16O.C6H13F.C6H14O2S.C6H12O2/c1-10(2,3)4-9(14)13-5-7(11)8(12)6-13;1-9(2,3)6-8(14)13-7-4-10(11,12)5-7;1-10(2,3)8-9(12)11-6-4-5-7-11;1-8(2,3)9(4,5)7(10)11-6;1-8(2,3)6-7(10)9(4)5;1-7(2,3)8(4,5)6(9)10;1-7(2,3)8(4,5)6-9;1-6-7(2)8(3,4)5;1-7(2,3)5-6(9)8-4;1-7(2,3)6(4-8)5-9;1-6(5-8)7(2,3)4;1-7(2,3)5-4-6-8;1-6(2,3)4-5-7;1-6(2,3)5-9(4,7)8;1-6(2,3)4-5(7)8/h7-8H,4-6H2,1-3H3;7H,4-6H2,1-3H3,(H,13,14);4-8H2,1-3H3;1-6H3;6H2,1-5H3;1-5H3,(H2,9,10);9H,6H2,1-5H3;7H,6H2,1-5H3;5H2,1-4H3,(H,8,9);6,8-9H,4-5H2,1-3H3;6,8H,5H2,1-4H3;8H,4-6H2,1-3H3;4-5H2,1-3H3;5H2,1-4H3;4H2,1-3H3,(H,7,8)/t7-,8+;;;;;;;7-;;;;;;;/m.......1......./s1. The van der Waals surface area contributed by atoms with E-state index in [0.717, 1.165) is 31.8 Å². The Morgan fingerprint density at radius 1 is 0.459 bits per heavy atom. The summed E-state index contributed by atoms with van der Waals surface area (Å²) >= 11 is 0. The lowest BCUT2D eigenvalue weighted by Crippen LogP contribution is -2.50. The van der Waals surface area contributed by atoms with Crippen molar-refractivity contribution in [1.82, 2.24) is 25.3 Å². The third-order valence-corrected chi connectivity index (χ3v) is 26.3. The number of alkyl halides is 5. The molecule has 0 aromatic heterocycles. The van der Waals surface area contributed by atoms with Gasteiger partial charge in [-0.2, -0.15) is 0 Å². The zero-order chi connectivity index (χ0) is 121. The Balaban J connectivity index is -0.000000132. The minimum absolute atomic E-state index is 0.0116. The summed E-state index contributed by atoms with van der Waals surface area (Å²) in [4.78, 5) is 93.3. The third-order valence-electron chi connectivity index (χ3n) is 25.0. The maximum atomic E-state index is 12.8. The number of carbonyl (C=O) groups excluding carboxylic acids is 7. The number of carbonyl (C=O) groups is 8. The van der Waals surface area contributed by atoms with Crippen LogP contribution in [0.15, 0.2) is 0 Å². The summed E-state index contributed by atoms with van der Waals surface area (Å²) in [6, 6.07) is -0.320. The van der Waals surface area contributed by atoms with Gasteiger partial charge in [0.05, 0.1) is 44.5 Å². The Morgan fingerprint density at radius 3 is 0.911 bits per heavy atom. The Hall–Kier alpha value is -4.84. The molecule has 1 unspecified atom stereocenters.